The standard InChI is InChI=1S/C61H50N2S/c1-61(64(2,3)4)58-42-52(63(48-25-15-8-16-26-48)50-35-31-46(32-36-50)44-21-11-6-12-22-44)38-40-56(58)59-54-28-18-17-27-53(54)57-41-51(37-39-55(57)60(59)61)62(47-23-13-7-14-24-47)49-33-29-45(30-34-49)43-19-9-5-10-20-43/h5-42H,1-4H3. The fourth-order valence-electron chi connectivity index (χ4n) is 10.1. The van der Waals surface area contributed by atoms with Crippen LogP contribution in [0.1, 0.15) is 18.1 Å². The van der Waals surface area contributed by atoms with E-state index in [1.807, 2.05) is 0 Å². The average Bonchev–Trinajstić information content (AvgIpc) is 3.63. The van der Waals surface area contributed by atoms with Crippen molar-refractivity contribution in [1.82, 2.24) is 0 Å². The molecule has 0 saturated heterocycles. The maximum atomic E-state index is 2.53. The zero-order chi connectivity index (χ0) is 43.4. The second-order valence-corrected chi connectivity index (χ2v) is 22.3. The van der Waals surface area contributed by atoms with Gasteiger partial charge in [0.1, 0.15) is 0 Å². The minimum atomic E-state index is -1.27. The zero-order valence-electron chi connectivity index (χ0n) is 36.7. The molecular weight excluding hydrogens is 793 g/mol. The van der Waals surface area contributed by atoms with Crippen LogP contribution in [0, 0.1) is 0 Å². The van der Waals surface area contributed by atoms with Crippen molar-refractivity contribution >= 4 is 65.7 Å². The van der Waals surface area contributed by atoms with E-state index in [0.29, 0.717) is 0 Å². The zero-order valence-corrected chi connectivity index (χ0v) is 37.6. The van der Waals surface area contributed by atoms with Crippen molar-refractivity contribution in [2.75, 3.05) is 28.6 Å². The molecular formula is C61H50N2S. The molecule has 0 N–H and O–H groups in total. The van der Waals surface area contributed by atoms with E-state index in [9.17, 15) is 0 Å². The Hall–Kier alpha value is -7.33. The van der Waals surface area contributed by atoms with Gasteiger partial charge in [0.15, 0.2) is 0 Å². The van der Waals surface area contributed by atoms with Gasteiger partial charge < -0.3 is 9.80 Å². The number of benzene rings is 10. The molecule has 1 unspecified atom stereocenters. The molecule has 10 aromatic rings. The molecule has 0 saturated carbocycles. The summed E-state index contributed by atoms with van der Waals surface area (Å²) in [6.45, 7) is 2.53. The number of para-hydroxylation sites is 2. The minimum Gasteiger partial charge on any atom is -0.310 e. The Labute approximate surface area is 379 Å². The van der Waals surface area contributed by atoms with Crippen LogP contribution in [0.2, 0.25) is 0 Å². The summed E-state index contributed by atoms with van der Waals surface area (Å²) >= 11 is 0. The Morgan fingerprint density at radius 3 is 1.22 bits per heavy atom. The fourth-order valence-corrected chi connectivity index (χ4v) is 11.7. The normalized spacial score (nSPS) is 14.6. The first-order chi connectivity index (χ1) is 31.3. The molecule has 0 radical (unpaired) electrons. The van der Waals surface area contributed by atoms with Crippen molar-refractivity contribution in [3.05, 3.63) is 242 Å². The van der Waals surface area contributed by atoms with Crippen LogP contribution in [-0.2, 0) is 4.75 Å². The number of anilines is 6. The molecule has 1 aliphatic rings. The van der Waals surface area contributed by atoms with Crippen LogP contribution in [0.25, 0.3) is 54.9 Å². The van der Waals surface area contributed by atoms with Crippen LogP contribution >= 0.6 is 10.0 Å². The van der Waals surface area contributed by atoms with Crippen molar-refractivity contribution in [3.63, 3.8) is 0 Å². The van der Waals surface area contributed by atoms with Crippen molar-refractivity contribution in [3.8, 4) is 33.4 Å². The highest BCUT2D eigenvalue weighted by atomic mass is 32.3. The molecule has 310 valence electrons. The van der Waals surface area contributed by atoms with Crippen molar-refractivity contribution in [2.24, 2.45) is 0 Å². The smallest absolute Gasteiger partial charge is 0.0489 e. The first-order valence-electron chi connectivity index (χ1n) is 22.1. The quantitative estimate of drug-likeness (QED) is 0.134. The highest BCUT2D eigenvalue weighted by molar-refractivity contribution is 8.33. The van der Waals surface area contributed by atoms with Crippen LogP contribution in [0.5, 0.6) is 0 Å². The molecule has 1 atom stereocenters. The van der Waals surface area contributed by atoms with Crippen LogP contribution in [-0.4, -0.2) is 18.8 Å². The number of fused-ring (bicyclic) bond motifs is 8. The van der Waals surface area contributed by atoms with Gasteiger partial charge in [-0.1, -0.05) is 158 Å². The van der Waals surface area contributed by atoms with Gasteiger partial charge in [-0.15, -0.1) is 0 Å². The summed E-state index contributed by atoms with van der Waals surface area (Å²) in [5.41, 5.74) is 17.2. The van der Waals surface area contributed by atoms with Crippen molar-refractivity contribution in [1.29, 1.82) is 0 Å². The number of nitrogens with zero attached hydrogens (tertiary/aromatic N) is 2. The summed E-state index contributed by atoms with van der Waals surface area (Å²) in [7, 11) is -1.27. The third-order valence-corrected chi connectivity index (χ3v) is 16.4. The van der Waals surface area contributed by atoms with Gasteiger partial charge in [0.05, 0.1) is 0 Å². The molecule has 1 aliphatic carbocycles. The van der Waals surface area contributed by atoms with Gasteiger partial charge in [-0.05, 0) is 165 Å². The van der Waals surface area contributed by atoms with Crippen LogP contribution < -0.4 is 9.80 Å². The van der Waals surface area contributed by atoms with E-state index in [1.54, 1.807) is 0 Å². The van der Waals surface area contributed by atoms with Gasteiger partial charge in [0.2, 0.25) is 0 Å². The third kappa shape index (κ3) is 6.58. The van der Waals surface area contributed by atoms with Crippen LogP contribution in [0.3, 0.4) is 0 Å². The second kappa shape index (κ2) is 15.8. The summed E-state index contributed by atoms with van der Waals surface area (Å²) < 4.78 is -0.247. The highest BCUT2D eigenvalue weighted by Gasteiger charge is 2.47. The maximum Gasteiger partial charge on any atom is 0.0489 e. The van der Waals surface area contributed by atoms with E-state index in [-0.39, 0.29) is 4.75 Å². The maximum absolute atomic E-state index is 2.53. The minimum absolute atomic E-state index is 0.247. The summed E-state index contributed by atoms with van der Waals surface area (Å²) in [6, 6.07) is 84.4. The Morgan fingerprint density at radius 2 is 0.719 bits per heavy atom. The molecule has 2 nitrogen and oxygen atoms in total. The SMILES string of the molecule is CC1(S(C)(C)C)c2cc(N(c3ccccc3)c3ccc(-c4ccccc4)cc3)ccc2-c2c1c1ccc(N(c3ccccc3)c3ccc(-c4ccccc4)cc3)cc1c1ccccc21. The van der Waals surface area contributed by atoms with E-state index in [0.717, 1.165) is 34.1 Å². The highest BCUT2D eigenvalue weighted by Crippen LogP contribution is 2.69. The molecule has 64 heavy (non-hydrogen) atoms. The molecule has 0 aliphatic heterocycles. The first kappa shape index (κ1) is 39.5. The lowest BCUT2D eigenvalue weighted by molar-refractivity contribution is 0.863. The van der Waals surface area contributed by atoms with Gasteiger partial charge in [-0.2, -0.15) is 0 Å². The van der Waals surface area contributed by atoms with E-state index >= 15 is 0 Å². The van der Waals surface area contributed by atoms with E-state index in [4.69, 9.17) is 0 Å². The molecule has 0 aromatic heterocycles. The van der Waals surface area contributed by atoms with Crippen LogP contribution in [0.15, 0.2) is 231 Å². The van der Waals surface area contributed by atoms with Gasteiger partial charge in [-0.3, -0.25) is 0 Å². The third-order valence-electron chi connectivity index (χ3n) is 13.5. The molecule has 0 amide bonds. The molecule has 0 spiro atoms. The summed E-state index contributed by atoms with van der Waals surface area (Å²) in [6.07, 6.45) is 7.50. The molecule has 11 rings (SSSR count). The summed E-state index contributed by atoms with van der Waals surface area (Å²) in [4.78, 5) is 4.82. The Kier molecular flexibility index (Phi) is 9.75. The molecule has 0 bridgehead atoms. The number of hydrogen-bond acceptors (Lipinski definition) is 2. The van der Waals surface area contributed by atoms with Crippen LogP contribution in [0.4, 0.5) is 34.1 Å². The predicted octanol–water partition coefficient (Wildman–Crippen LogP) is 17.2. The van der Waals surface area contributed by atoms with Crippen molar-refractivity contribution < 1.29 is 0 Å². The lowest BCUT2D eigenvalue weighted by Gasteiger charge is -2.46. The fraction of sp³-hybridized carbons (Fsp3) is 0.0820. The van der Waals surface area contributed by atoms with E-state index < -0.39 is 10.0 Å². The molecule has 10 aromatic carbocycles. The van der Waals surface area contributed by atoms with Gasteiger partial charge in [-0.25, -0.2) is 10.0 Å². The number of hydrogen-bond donors (Lipinski definition) is 0. The van der Waals surface area contributed by atoms with Gasteiger partial charge >= 0.3 is 0 Å². The Bertz CT molecular complexity index is 3290. The Morgan fingerprint density at radius 1 is 0.328 bits per heavy atom. The first-order valence-corrected chi connectivity index (χ1v) is 25.0. The predicted molar refractivity (Wildman–Crippen MR) is 279 cm³/mol. The average molecular weight is 843 g/mol. The topological polar surface area (TPSA) is 6.48 Å². The molecule has 0 heterocycles. The second-order valence-electron chi connectivity index (χ2n) is 17.8. The largest absolute Gasteiger partial charge is 0.310 e. The monoisotopic (exact) mass is 842 g/mol. The van der Waals surface area contributed by atoms with Crippen molar-refractivity contribution in [2.45, 2.75) is 11.7 Å². The lowest BCUT2D eigenvalue weighted by Crippen LogP contribution is -2.27. The summed E-state index contributed by atoms with van der Waals surface area (Å²) in [5.74, 6) is 0. The van der Waals surface area contributed by atoms with Gasteiger partial charge in [0, 0.05) is 38.9 Å². The molecule has 0 fully saturated rings. The lowest BCUT2D eigenvalue weighted by atomic mass is 9.88. The van der Waals surface area contributed by atoms with E-state index in [2.05, 4.69) is 266 Å². The van der Waals surface area contributed by atoms with E-state index in [1.165, 1.54) is 66.1 Å². The van der Waals surface area contributed by atoms with Gasteiger partial charge in [0.25, 0.3) is 0 Å². The Balaban J connectivity index is 1.09. The summed E-state index contributed by atoms with van der Waals surface area (Å²) in [5, 5.41) is 5.18. The molecule has 3 heteroatoms. The number of rotatable bonds is 9.